The molecule has 30 heavy (non-hydrogen) atoms. The highest BCUT2D eigenvalue weighted by atomic mass is 19.4. The molecule has 3 aromatic rings. The van der Waals surface area contributed by atoms with Gasteiger partial charge in [0, 0.05) is 29.3 Å². The number of hydrogen-bond acceptors (Lipinski definition) is 4. The van der Waals surface area contributed by atoms with Crippen LogP contribution < -0.4 is 5.73 Å². The maximum Gasteiger partial charge on any atom is 0.416 e. The second kappa shape index (κ2) is 9.80. The summed E-state index contributed by atoms with van der Waals surface area (Å²) in [7, 11) is 0. The monoisotopic (exact) mass is 416 g/mol. The van der Waals surface area contributed by atoms with Crippen molar-refractivity contribution in [1.29, 1.82) is 0 Å². The van der Waals surface area contributed by atoms with E-state index < -0.39 is 16.7 Å². The molecule has 0 aliphatic heterocycles. The lowest BCUT2D eigenvalue weighted by atomic mass is 10.0. The summed E-state index contributed by atoms with van der Waals surface area (Å²) in [4.78, 5) is 22.4. The zero-order valence-corrected chi connectivity index (χ0v) is 16.0. The minimum atomic E-state index is -4.26. The third-order valence-electron chi connectivity index (χ3n) is 4.21. The second-order valence-electron chi connectivity index (χ2n) is 6.35. The number of alkyl halides is 3. The Morgan fingerprint density at radius 3 is 2.03 bits per heavy atom. The molecule has 0 heterocycles. The first-order valence-electron chi connectivity index (χ1n) is 8.84. The number of nitrogens with zero attached hydrogens (tertiary/aromatic N) is 1. The summed E-state index contributed by atoms with van der Waals surface area (Å²) in [6, 6.07) is 18.1. The fourth-order valence-corrected chi connectivity index (χ4v) is 2.59. The quantitative estimate of drug-likeness (QED) is 0.355. The molecule has 0 aromatic heterocycles. The van der Waals surface area contributed by atoms with Crippen LogP contribution in [0.3, 0.4) is 0 Å². The Labute approximate surface area is 171 Å². The molecule has 0 saturated heterocycles. The molecule has 0 aliphatic carbocycles. The Balaban J connectivity index is 0.000000232. The van der Waals surface area contributed by atoms with Gasteiger partial charge in [0.2, 0.25) is 0 Å². The van der Waals surface area contributed by atoms with Crippen molar-refractivity contribution in [3.8, 4) is 0 Å². The maximum absolute atomic E-state index is 12.1. The number of nitro benzene ring substituents is 1. The molecule has 0 bridgehead atoms. The van der Waals surface area contributed by atoms with E-state index in [9.17, 15) is 28.1 Å². The van der Waals surface area contributed by atoms with Gasteiger partial charge in [-0.3, -0.25) is 14.9 Å². The van der Waals surface area contributed by atoms with E-state index in [1.807, 2.05) is 6.07 Å². The van der Waals surface area contributed by atoms with E-state index in [-0.39, 0.29) is 18.0 Å². The number of aryl methyl sites for hydroxylation is 1. The largest absolute Gasteiger partial charge is 0.416 e. The van der Waals surface area contributed by atoms with Crippen molar-refractivity contribution in [2.45, 2.75) is 19.6 Å². The molecule has 0 unspecified atom stereocenters. The fourth-order valence-electron chi connectivity index (χ4n) is 2.59. The van der Waals surface area contributed by atoms with Gasteiger partial charge >= 0.3 is 6.18 Å². The molecular weight excluding hydrogens is 397 g/mol. The number of halogens is 3. The number of hydrogen-bond donors (Lipinski definition) is 1. The van der Waals surface area contributed by atoms with Crippen LogP contribution in [0.4, 0.5) is 18.9 Å². The van der Waals surface area contributed by atoms with Gasteiger partial charge in [0.05, 0.1) is 10.5 Å². The van der Waals surface area contributed by atoms with Crippen LogP contribution in [-0.2, 0) is 12.7 Å². The smallest absolute Gasteiger partial charge is 0.326 e. The first-order chi connectivity index (χ1) is 14.1. The number of carbonyl (C=O) groups is 1. The molecule has 0 saturated carbocycles. The molecule has 0 aliphatic rings. The zero-order valence-electron chi connectivity index (χ0n) is 16.0. The Kier molecular flexibility index (Phi) is 7.43. The van der Waals surface area contributed by atoms with Crippen molar-refractivity contribution in [2.75, 3.05) is 0 Å². The molecule has 3 aromatic carbocycles. The van der Waals surface area contributed by atoms with Gasteiger partial charge in [-0.15, -0.1) is 0 Å². The van der Waals surface area contributed by atoms with Crippen LogP contribution in [0.15, 0.2) is 72.8 Å². The van der Waals surface area contributed by atoms with Crippen LogP contribution >= 0.6 is 0 Å². The predicted molar refractivity (Wildman–Crippen MR) is 107 cm³/mol. The highest BCUT2D eigenvalue weighted by molar-refractivity contribution is 6.09. The predicted octanol–water partition coefficient (Wildman–Crippen LogP) is 5.30. The van der Waals surface area contributed by atoms with Crippen molar-refractivity contribution in [2.24, 2.45) is 5.73 Å². The van der Waals surface area contributed by atoms with Gasteiger partial charge in [0.15, 0.2) is 5.78 Å². The van der Waals surface area contributed by atoms with Gasteiger partial charge in [-0.2, -0.15) is 13.2 Å². The summed E-state index contributed by atoms with van der Waals surface area (Å²) >= 11 is 0. The highest BCUT2D eigenvalue weighted by Crippen LogP contribution is 2.29. The van der Waals surface area contributed by atoms with E-state index in [1.54, 1.807) is 37.3 Å². The minimum absolute atomic E-state index is 0.0274. The molecular formula is C22H19F3N2O3. The van der Waals surface area contributed by atoms with Gasteiger partial charge in [-0.1, -0.05) is 42.5 Å². The zero-order chi connectivity index (χ0) is 22.3. The second-order valence-corrected chi connectivity index (χ2v) is 6.35. The maximum atomic E-state index is 12.1. The number of nitrogens with two attached hydrogens (primary N) is 1. The van der Waals surface area contributed by atoms with Gasteiger partial charge in [0.25, 0.3) is 5.69 Å². The molecule has 0 radical (unpaired) electrons. The summed E-state index contributed by atoms with van der Waals surface area (Å²) in [5, 5.41) is 10.7. The molecule has 0 spiro atoms. The first kappa shape index (κ1) is 22.8. The van der Waals surface area contributed by atoms with Gasteiger partial charge in [-0.25, -0.2) is 0 Å². The van der Waals surface area contributed by atoms with Crippen LogP contribution in [0, 0.1) is 17.0 Å². The summed E-state index contributed by atoms with van der Waals surface area (Å²) in [6.45, 7) is 1.89. The lowest BCUT2D eigenvalue weighted by Gasteiger charge is -2.06. The first-order valence-corrected chi connectivity index (χ1v) is 8.84. The summed E-state index contributed by atoms with van der Waals surface area (Å²) in [5.74, 6) is -0.131. The fraction of sp³-hybridized carbons (Fsp3) is 0.136. The van der Waals surface area contributed by atoms with Crippen LogP contribution in [0.2, 0.25) is 0 Å². The van der Waals surface area contributed by atoms with E-state index in [0.29, 0.717) is 22.3 Å². The average molecular weight is 416 g/mol. The van der Waals surface area contributed by atoms with Gasteiger partial charge in [-0.05, 0) is 36.8 Å². The third kappa shape index (κ3) is 5.99. The topological polar surface area (TPSA) is 86.2 Å². The van der Waals surface area contributed by atoms with Crippen molar-refractivity contribution in [3.05, 3.63) is 111 Å². The number of nitro groups is 1. The number of benzene rings is 3. The van der Waals surface area contributed by atoms with Crippen molar-refractivity contribution < 1.29 is 22.9 Å². The number of carbonyl (C=O) groups excluding carboxylic acids is 1. The van der Waals surface area contributed by atoms with E-state index >= 15 is 0 Å². The Morgan fingerprint density at radius 1 is 0.967 bits per heavy atom. The Morgan fingerprint density at radius 2 is 1.57 bits per heavy atom. The van der Waals surface area contributed by atoms with E-state index in [4.69, 9.17) is 5.73 Å². The number of rotatable bonds is 4. The van der Waals surface area contributed by atoms with Crippen LogP contribution in [0.25, 0.3) is 0 Å². The molecule has 0 fully saturated rings. The normalized spacial score (nSPS) is 10.7. The minimum Gasteiger partial charge on any atom is -0.326 e. The van der Waals surface area contributed by atoms with E-state index in [1.165, 1.54) is 24.3 Å². The molecule has 8 heteroatoms. The van der Waals surface area contributed by atoms with Crippen molar-refractivity contribution >= 4 is 11.5 Å². The molecule has 156 valence electrons. The Hall–Kier alpha value is -3.52. The molecule has 0 atom stereocenters. The lowest BCUT2D eigenvalue weighted by Crippen LogP contribution is -2.05. The molecule has 5 nitrogen and oxygen atoms in total. The third-order valence-corrected chi connectivity index (χ3v) is 4.21. The Bertz CT molecular complexity index is 1020. The lowest BCUT2D eigenvalue weighted by molar-refractivity contribution is -0.385. The molecule has 3 rings (SSSR count). The van der Waals surface area contributed by atoms with Crippen LogP contribution in [-0.4, -0.2) is 10.7 Å². The van der Waals surface area contributed by atoms with Gasteiger partial charge < -0.3 is 5.73 Å². The summed E-state index contributed by atoms with van der Waals surface area (Å²) < 4.78 is 36.0. The van der Waals surface area contributed by atoms with E-state index in [0.717, 1.165) is 12.1 Å². The molecule has 0 amide bonds. The standard InChI is InChI=1S/C14H11NO3.C8H8F3N/c1-10-9-12(7-8-13(10)15(17)18)14(16)11-5-3-2-4-6-11;9-8(10,11)7-3-1-6(5-12)2-4-7/h2-9H,1H3;1-4H,5,12H2. The molecule has 2 N–H and O–H groups in total. The average Bonchev–Trinajstić information content (AvgIpc) is 2.73. The summed E-state index contributed by atoms with van der Waals surface area (Å²) in [5.41, 5.74) is 6.84. The highest BCUT2D eigenvalue weighted by Gasteiger charge is 2.29. The van der Waals surface area contributed by atoms with Crippen LogP contribution in [0.5, 0.6) is 0 Å². The van der Waals surface area contributed by atoms with Crippen molar-refractivity contribution in [3.63, 3.8) is 0 Å². The van der Waals surface area contributed by atoms with Gasteiger partial charge in [0.1, 0.15) is 0 Å². The van der Waals surface area contributed by atoms with E-state index in [2.05, 4.69) is 0 Å². The van der Waals surface area contributed by atoms with Crippen molar-refractivity contribution in [1.82, 2.24) is 0 Å². The SMILES string of the molecule is Cc1cc(C(=O)c2ccccc2)ccc1[N+](=O)[O-].NCc1ccc(C(F)(F)F)cc1. The van der Waals surface area contributed by atoms with Crippen LogP contribution in [0.1, 0.15) is 32.6 Å². The summed E-state index contributed by atoms with van der Waals surface area (Å²) in [6.07, 6.45) is -4.26. The number of ketones is 1.